The Morgan fingerprint density at radius 3 is 2.10 bits per heavy atom. The first-order chi connectivity index (χ1) is 32.6. The molecule has 4 amide bonds. The number of carbonyl (C=O) groups excluding carboxylic acids is 5. The second-order valence-electron chi connectivity index (χ2n) is 17.1. The van der Waals surface area contributed by atoms with Gasteiger partial charge in [0, 0.05) is 36.8 Å². The molecule has 2 aliphatic rings. The summed E-state index contributed by atoms with van der Waals surface area (Å²) in [6.45, 7) is 4.03. The van der Waals surface area contributed by atoms with E-state index in [0.717, 1.165) is 58.2 Å². The molecule has 350 valence electrons. The second-order valence-corrected chi connectivity index (χ2v) is 17.1. The zero-order chi connectivity index (χ0) is 47.9. The fraction of sp³-hybridized carbons (Fsp3) is 0.319. The predicted molar refractivity (Wildman–Crippen MR) is 240 cm³/mol. The van der Waals surface area contributed by atoms with Crippen molar-refractivity contribution in [3.05, 3.63) is 103 Å². The molecule has 2 saturated heterocycles. The molecule has 3 aromatic carbocycles. The average Bonchev–Trinajstić information content (AvgIpc) is 4.19. The van der Waals surface area contributed by atoms with Gasteiger partial charge in [-0.2, -0.15) is 13.2 Å². The Bertz CT molecular complexity index is 3060. The number of aromatic nitrogens is 8. The van der Waals surface area contributed by atoms with Gasteiger partial charge in [-0.15, -0.1) is 0 Å². The van der Waals surface area contributed by atoms with Crippen molar-refractivity contribution in [2.24, 2.45) is 5.92 Å². The van der Waals surface area contributed by atoms with Crippen LogP contribution in [0.3, 0.4) is 0 Å². The van der Waals surface area contributed by atoms with E-state index in [-0.39, 0.29) is 24.4 Å². The number of benzene rings is 3. The first-order valence-corrected chi connectivity index (χ1v) is 22.0. The number of nitrogens with one attached hydrogen (secondary N) is 4. The quantitative estimate of drug-likeness (QED) is 0.0771. The first-order valence-electron chi connectivity index (χ1n) is 22.0. The highest BCUT2D eigenvalue weighted by molar-refractivity contribution is 5.99. The van der Waals surface area contributed by atoms with Crippen molar-refractivity contribution in [1.29, 1.82) is 0 Å². The molecule has 2 fully saturated rings. The number of carbonyl (C=O) groups is 5. The largest absolute Gasteiger partial charge is 0.491 e. The molecule has 4 N–H and O–H groups in total. The first kappa shape index (κ1) is 45.2. The van der Waals surface area contributed by atoms with Gasteiger partial charge >= 0.3 is 18.2 Å². The van der Waals surface area contributed by atoms with Crippen LogP contribution in [0, 0.1) is 5.92 Å². The summed E-state index contributed by atoms with van der Waals surface area (Å²) in [5, 5.41) is 2.75. The van der Waals surface area contributed by atoms with Crippen LogP contribution in [0.1, 0.15) is 73.6 Å². The van der Waals surface area contributed by atoms with Crippen LogP contribution < -0.4 is 5.32 Å². The van der Waals surface area contributed by atoms with Crippen LogP contribution in [0.4, 0.5) is 18.0 Å². The zero-order valence-electron chi connectivity index (χ0n) is 37.0. The van der Waals surface area contributed by atoms with Crippen LogP contribution in [-0.4, -0.2) is 123 Å². The van der Waals surface area contributed by atoms with E-state index >= 15 is 0 Å². The highest BCUT2D eigenvalue weighted by Crippen LogP contribution is 2.35. The summed E-state index contributed by atoms with van der Waals surface area (Å²) < 4.78 is 42.3. The Balaban J connectivity index is 0.827. The molecular weight excluding hydrogens is 886 g/mol. The molecule has 0 bridgehead atoms. The van der Waals surface area contributed by atoms with Crippen molar-refractivity contribution in [3.8, 4) is 33.8 Å². The molecule has 3 atom stereocenters. The van der Waals surface area contributed by atoms with Gasteiger partial charge in [0.15, 0.2) is 0 Å². The zero-order valence-corrected chi connectivity index (χ0v) is 37.0. The number of likely N-dealkylation sites (N-methyl/N-ethyl adjacent to an activating group) is 1. The molecule has 0 saturated carbocycles. The number of imidazole rings is 3. The Morgan fingerprint density at radius 2 is 1.41 bits per heavy atom. The smallest absolute Gasteiger partial charge is 0.369 e. The molecule has 0 aliphatic carbocycles. The molecule has 21 heteroatoms. The number of likely N-dealkylation sites (tertiary alicyclic amines) is 2. The third kappa shape index (κ3) is 9.10. The van der Waals surface area contributed by atoms with Crippen molar-refractivity contribution in [3.63, 3.8) is 0 Å². The minimum Gasteiger partial charge on any atom is -0.369 e. The number of H-pyrrole nitrogens is 3. The van der Waals surface area contributed by atoms with Crippen molar-refractivity contribution >= 4 is 51.9 Å². The van der Waals surface area contributed by atoms with Gasteiger partial charge in [-0.05, 0) is 67.5 Å². The topological polar surface area (TPSA) is 228 Å². The second kappa shape index (κ2) is 18.4. The number of rotatable bonds is 11. The van der Waals surface area contributed by atoms with E-state index in [4.69, 9.17) is 9.97 Å². The molecule has 7 aromatic rings. The van der Waals surface area contributed by atoms with Crippen molar-refractivity contribution in [1.82, 2.24) is 59.9 Å². The van der Waals surface area contributed by atoms with E-state index in [9.17, 15) is 37.1 Å². The lowest BCUT2D eigenvalue weighted by Gasteiger charge is -2.34. The van der Waals surface area contributed by atoms with Crippen molar-refractivity contribution < 1.29 is 41.9 Å². The minimum absolute atomic E-state index is 0.144. The Hall–Kier alpha value is -7.97. The van der Waals surface area contributed by atoms with Crippen LogP contribution >= 0.6 is 0 Å². The molecule has 4 aromatic heterocycles. The number of nitrogens with zero attached hydrogens (tertiary/aromatic N) is 8. The fourth-order valence-corrected chi connectivity index (χ4v) is 8.93. The highest BCUT2D eigenvalue weighted by atomic mass is 19.4. The summed E-state index contributed by atoms with van der Waals surface area (Å²) in [4.78, 5) is 101. The lowest BCUT2D eigenvalue weighted by molar-refractivity contribution is -0.194. The summed E-state index contributed by atoms with van der Waals surface area (Å²) in [5.74, 6) is -3.06. The summed E-state index contributed by atoms with van der Waals surface area (Å²) in [6.07, 6.45) is 2.44. The maximum absolute atomic E-state index is 13.9. The van der Waals surface area contributed by atoms with E-state index in [1.54, 1.807) is 66.8 Å². The van der Waals surface area contributed by atoms with Gasteiger partial charge in [-0.3, -0.25) is 24.3 Å². The molecule has 0 radical (unpaired) electrons. The SMILES string of the molecule is CC(C)[C@@H](C(=O)N1CCC[C@H]1c1ncc(-c2ccc(-c3cnc4cc(-c5cnc([C@@H]6CCCN6C(=O)CNC(=O)c6ccc7nc[nH]c7c6)[nH]5)ccc4n3)cc2)[nH]1)N(C)C(=O)OC(=O)C(F)(F)F. The Labute approximate surface area is 385 Å². The van der Waals surface area contributed by atoms with E-state index in [2.05, 4.69) is 40.0 Å². The number of ether oxygens (including phenoxy) is 1. The van der Waals surface area contributed by atoms with Crippen LogP contribution in [0.2, 0.25) is 0 Å². The number of halogens is 3. The molecule has 68 heavy (non-hydrogen) atoms. The van der Waals surface area contributed by atoms with Gasteiger partial charge in [0.05, 0.1) is 82.7 Å². The van der Waals surface area contributed by atoms with Crippen molar-refractivity contribution in [2.75, 3.05) is 26.7 Å². The maximum atomic E-state index is 13.9. The van der Waals surface area contributed by atoms with Gasteiger partial charge in [-0.25, -0.2) is 29.5 Å². The standard InChI is InChI=1S/C47H45F3N12O6/c1-25(2)40(60(3)46(67)68-45(66)47(48,49)50)44(65)62-17-5-7-38(62)42-52-21-35(58-42)27-10-8-26(9-11-27)34-20-51-33-18-28(12-15-31(33)57-34)36-22-53-41(59-36)37-6-4-16-61(37)39(63)23-54-43(64)29-13-14-30-32(19-29)56-24-55-30/h8-15,18-22,24-25,37-38,40H,4-7,16-17,23H2,1-3H3,(H,52,58)(H,53,59)(H,54,64)(H,55,56)/t37-,38-,40-/m0/s1. The number of esters is 1. The van der Waals surface area contributed by atoms with Gasteiger partial charge < -0.3 is 34.8 Å². The predicted octanol–water partition coefficient (Wildman–Crippen LogP) is 6.89. The number of alkyl halides is 3. The number of amides is 4. The lowest BCUT2D eigenvalue weighted by Crippen LogP contribution is -2.52. The third-order valence-electron chi connectivity index (χ3n) is 12.4. The molecule has 0 unspecified atom stereocenters. The summed E-state index contributed by atoms with van der Waals surface area (Å²) in [7, 11) is 1.13. The van der Waals surface area contributed by atoms with E-state index in [0.29, 0.717) is 65.6 Å². The fourth-order valence-electron chi connectivity index (χ4n) is 8.93. The third-order valence-corrected chi connectivity index (χ3v) is 12.4. The molecule has 2 aliphatic heterocycles. The number of hydrogen-bond donors (Lipinski definition) is 4. The van der Waals surface area contributed by atoms with E-state index in [1.807, 2.05) is 42.5 Å². The molecule has 9 rings (SSSR count). The highest BCUT2D eigenvalue weighted by Gasteiger charge is 2.45. The van der Waals surface area contributed by atoms with E-state index < -0.39 is 42.1 Å². The normalized spacial score (nSPS) is 16.7. The van der Waals surface area contributed by atoms with Gasteiger partial charge in [0.2, 0.25) is 11.8 Å². The molecular formula is C47H45F3N12O6. The maximum Gasteiger partial charge on any atom is 0.491 e. The van der Waals surface area contributed by atoms with E-state index in [1.165, 1.54) is 0 Å². The number of hydrogen-bond acceptors (Lipinski definition) is 11. The summed E-state index contributed by atoms with van der Waals surface area (Å²) >= 11 is 0. The van der Waals surface area contributed by atoms with Crippen molar-refractivity contribution in [2.45, 2.75) is 63.8 Å². The number of aromatic amines is 3. The minimum atomic E-state index is -5.37. The molecule has 18 nitrogen and oxygen atoms in total. The van der Waals surface area contributed by atoms with Crippen LogP contribution in [0.15, 0.2) is 85.6 Å². The summed E-state index contributed by atoms with van der Waals surface area (Å²) in [6, 6.07) is 16.6. The van der Waals surface area contributed by atoms with Crippen LogP contribution in [0.25, 0.3) is 55.8 Å². The van der Waals surface area contributed by atoms with Gasteiger partial charge in [-0.1, -0.05) is 44.2 Å². The average molecular weight is 931 g/mol. The molecule has 6 heterocycles. The lowest BCUT2D eigenvalue weighted by atomic mass is 10.0. The monoisotopic (exact) mass is 930 g/mol. The molecule has 0 spiro atoms. The van der Waals surface area contributed by atoms with Crippen LogP contribution in [-0.2, 0) is 19.1 Å². The number of fused-ring (bicyclic) bond motifs is 2. The van der Waals surface area contributed by atoms with Gasteiger partial charge in [0.25, 0.3) is 5.91 Å². The van der Waals surface area contributed by atoms with Gasteiger partial charge in [0.1, 0.15) is 17.7 Å². The van der Waals surface area contributed by atoms with Crippen LogP contribution in [0.5, 0.6) is 0 Å². The Kier molecular flexibility index (Phi) is 12.2. The summed E-state index contributed by atoms with van der Waals surface area (Å²) in [5.41, 5.74) is 7.85. The Morgan fingerprint density at radius 1 is 0.779 bits per heavy atom.